The SMILES string of the molecule is C/C(=C/C(=O)O)c1ccc2c(c1)C(C)(C)C(C)N2C. The van der Waals surface area contributed by atoms with E-state index < -0.39 is 5.97 Å². The number of allylic oxidation sites excluding steroid dienone is 1. The van der Waals surface area contributed by atoms with E-state index in [0.29, 0.717) is 6.04 Å². The third-order valence-electron chi connectivity index (χ3n) is 4.49. The first kappa shape index (κ1) is 13.7. The number of hydrogen-bond donors (Lipinski definition) is 1. The van der Waals surface area contributed by atoms with Crippen molar-refractivity contribution >= 4 is 17.2 Å². The molecule has 0 saturated heterocycles. The van der Waals surface area contributed by atoms with Crippen LogP contribution in [0.2, 0.25) is 0 Å². The van der Waals surface area contributed by atoms with Gasteiger partial charge in [0.25, 0.3) is 0 Å². The van der Waals surface area contributed by atoms with Crippen molar-refractivity contribution in [2.75, 3.05) is 11.9 Å². The summed E-state index contributed by atoms with van der Waals surface area (Å²) < 4.78 is 0. The highest BCUT2D eigenvalue weighted by molar-refractivity contribution is 5.89. The Morgan fingerprint density at radius 3 is 2.63 bits per heavy atom. The lowest BCUT2D eigenvalue weighted by Gasteiger charge is -2.28. The molecule has 1 aliphatic heterocycles. The topological polar surface area (TPSA) is 40.5 Å². The van der Waals surface area contributed by atoms with E-state index in [4.69, 9.17) is 5.11 Å². The number of hydrogen-bond acceptors (Lipinski definition) is 2. The fraction of sp³-hybridized carbons (Fsp3) is 0.438. The Morgan fingerprint density at radius 1 is 1.42 bits per heavy atom. The van der Waals surface area contributed by atoms with Gasteiger partial charge in [0.05, 0.1) is 0 Å². The van der Waals surface area contributed by atoms with Gasteiger partial charge in [-0.1, -0.05) is 19.9 Å². The first-order valence-electron chi connectivity index (χ1n) is 6.54. The second-order valence-electron chi connectivity index (χ2n) is 5.91. The van der Waals surface area contributed by atoms with Crippen LogP contribution in [0.15, 0.2) is 24.3 Å². The second kappa shape index (κ2) is 4.41. The summed E-state index contributed by atoms with van der Waals surface area (Å²) in [6, 6.07) is 6.65. The summed E-state index contributed by atoms with van der Waals surface area (Å²) in [6.07, 6.45) is 1.26. The number of anilines is 1. The molecule has 0 aromatic heterocycles. The minimum atomic E-state index is -0.900. The molecule has 0 fully saturated rings. The van der Waals surface area contributed by atoms with Crippen molar-refractivity contribution in [3.8, 4) is 0 Å². The number of carboxylic acids is 1. The first-order valence-corrected chi connectivity index (χ1v) is 6.54. The third kappa shape index (κ3) is 2.14. The van der Waals surface area contributed by atoms with Crippen molar-refractivity contribution < 1.29 is 9.90 Å². The van der Waals surface area contributed by atoms with Crippen molar-refractivity contribution in [3.63, 3.8) is 0 Å². The fourth-order valence-electron chi connectivity index (χ4n) is 2.79. The summed E-state index contributed by atoms with van der Waals surface area (Å²) in [5.41, 5.74) is 4.37. The summed E-state index contributed by atoms with van der Waals surface area (Å²) in [6.45, 7) is 8.53. The predicted octanol–water partition coefficient (Wildman–Crippen LogP) is 3.29. The smallest absolute Gasteiger partial charge is 0.328 e. The normalized spacial score (nSPS) is 21.4. The summed E-state index contributed by atoms with van der Waals surface area (Å²) in [7, 11) is 2.11. The van der Waals surface area contributed by atoms with E-state index in [2.05, 4.69) is 44.9 Å². The molecule has 1 atom stereocenters. The molecule has 1 N–H and O–H groups in total. The van der Waals surface area contributed by atoms with Gasteiger partial charge in [-0.3, -0.25) is 0 Å². The van der Waals surface area contributed by atoms with E-state index in [1.54, 1.807) is 0 Å². The van der Waals surface area contributed by atoms with Gasteiger partial charge in [0.1, 0.15) is 0 Å². The molecule has 1 heterocycles. The molecule has 1 aromatic rings. The Labute approximate surface area is 114 Å². The standard InChI is InChI=1S/C16H21NO2/c1-10(8-15(18)19)12-6-7-14-13(9-12)16(3,4)11(2)17(14)5/h6-9,11H,1-5H3,(H,18,19)/b10-8-. The van der Waals surface area contributed by atoms with Crippen LogP contribution >= 0.6 is 0 Å². The molecule has 1 unspecified atom stereocenters. The fourth-order valence-corrected chi connectivity index (χ4v) is 2.79. The van der Waals surface area contributed by atoms with Gasteiger partial charge in [0, 0.05) is 30.3 Å². The third-order valence-corrected chi connectivity index (χ3v) is 4.49. The van der Waals surface area contributed by atoms with Crippen LogP contribution in [0.3, 0.4) is 0 Å². The highest BCUT2D eigenvalue weighted by Gasteiger charge is 2.40. The average molecular weight is 259 g/mol. The van der Waals surface area contributed by atoms with E-state index in [1.165, 1.54) is 17.3 Å². The highest BCUT2D eigenvalue weighted by atomic mass is 16.4. The van der Waals surface area contributed by atoms with E-state index in [1.807, 2.05) is 13.0 Å². The summed E-state index contributed by atoms with van der Waals surface area (Å²) in [4.78, 5) is 13.1. The molecule has 102 valence electrons. The number of benzene rings is 1. The van der Waals surface area contributed by atoms with Crippen molar-refractivity contribution in [3.05, 3.63) is 35.4 Å². The zero-order chi connectivity index (χ0) is 14.4. The highest BCUT2D eigenvalue weighted by Crippen LogP contribution is 2.44. The molecule has 0 aliphatic carbocycles. The zero-order valence-electron chi connectivity index (χ0n) is 12.2. The monoisotopic (exact) mass is 259 g/mol. The molecule has 0 saturated carbocycles. The Kier molecular flexibility index (Phi) is 3.17. The van der Waals surface area contributed by atoms with Crippen molar-refractivity contribution in [2.24, 2.45) is 0 Å². The van der Waals surface area contributed by atoms with Crippen LogP contribution in [0.5, 0.6) is 0 Å². The number of carboxylic acid groups (broad SMARTS) is 1. The lowest BCUT2D eigenvalue weighted by molar-refractivity contribution is -0.131. The number of rotatable bonds is 2. The minimum absolute atomic E-state index is 0.0730. The molecule has 0 spiro atoms. The first-order chi connectivity index (χ1) is 8.75. The lowest BCUT2D eigenvalue weighted by Crippen LogP contribution is -2.36. The van der Waals surface area contributed by atoms with Gasteiger partial charge < -0.3 is 10.0 Å². The van der Waals surface area contributed by atoms with E-state index in [-0.39, 0.29) is 5.41 Å². The van der Waals surface area contributed by atoms with Gasteiger partial charge in [0.15, 0.2) is 0 Å². The van der Waals surface area contributed by atoms with Gasteiger partial charge >= 0.3 is 5.97 Å². The molecule has 3 heteroatoms. The van der Waals surface area contributed by atoms with Crippen molar-refractivity contribution in [1.82, 2.24) is 0 Å². The number of nitrogens with zero attached hydrogens (tertiary/aromatic N) is 1. The molecule has 1 aliphatic rings. The van der Waals surface area contributed by atoms with Gasteiger partial charge in [-0.2, -0.15) is 0 Å². The van der Waals surface area contributed by atoms with Gasteiger partial charge in [-0.05, 0) is 42.7 Å². The van der Waals surface area contributed by atoms with Crippen molar-refractivity contribution in [1.29, 1.82) is 0 Å². The quantitative estimate of drug-likeness (QED) is 0.828. The molecular formula is C16H21NO2. The predicted molar refractivity (Wildman–Crippen MR) is 78.6 cm³/mol. The van der Waals surface area contributed by atoms with E-state index in [0.717, 1.165) is 11.1 Å². The van der Waals surface area contributed by atoms with Crippen LogP contribution in [0.4, 0.5) is 5.69 Å². The number of fused-ring (bicyclic) bond motifs is 1. The molecule has 1 aromatic carbocycles. The molecule has 2 rings (SSSR count). The Bertz CT molecular complexity index is 558. The van der Waals surface area contributed by atoms with Crippen LogP contribution in [0.25, 0.3) is 5.57 Å². The lowest BCUT2D eigenvalue weighted by atomic mass is 9.80. The van der Waals surface area contributed by atoms with Crippen LogP contribution < -0.4 is 4.90 Å². The van der Waals surface area contributed by atoms with Gasteiger partial charge in [0.2, 0.25) is 0 Å². The van der Waals surface area contributed by atoms with E-state index in [9.17, 15) is 4.79 Å². The van der Waals surface area contributed by atoms with Gasteiger partial charge in [-0.15, -0.1) is 0 Å². The number of aliphatic carboxylic acids is 1. The van der Waals surface area contributed by atoms with Crippen LogP contribution in [-0.4, -0.2) is 24.2 Å². The Balaban J connectivity index is 2.52. The molecule has 0 radical (unpaired) electrons. The molecule has 3 nitrogen and oxygen atoms in total. The summed E-state index contributed by atoms with van der Waals surface area (Å²) in [5, 5.41) is 8.84. The largest absolute Gasteiger partial charge is 0.478 e. The van der Waals surface area contributed by atoms with E-state index >= 15 is 0 Å². The maximum Gasteiger partial charge on any atom is 0.328 e. The number of carbonyl (C=O) groups is 1. The molecule has 19 heavy (non-hydrogen) atoms. The zero-order valence-corrected chi connectivity index (χ0v) is 12.2. The average Bonchev–Trinajstić information content (AvgIpc) is 2.50. The summed E-state index contributed by atoms with van der Waals surface area (Å²) >= 11 is 0. The second-order valence-corrected chi connectivity index (χ2v) is 5.91. The molecule has 0 amide bonds. The van der Waals surface area contributed by atoms with Crippen LogP contribution in [0.1, 0.15) is 38.8 Å². The van der Waals surface area contributed by atoms with Crippen LogP contribution in [0, 0.1) is 0 Å². The maximum atomic E-state index is 10.8. The summed E-state index contributed by atoms with van der Waals surface area (Å²) in [5.74, 6) is -0.900. The Morgan fingerprint density at radius 2 is 2.05 bits per heavy atom. The maximum absolute atomic E-state index is 10.8. The van der Waals surface area contributed by atoms with Crippen LogP contribution in [-0.2, 0) is 10.2 Å². The van der Waals surface area contributed by atoms with Crippen molar-refractivity contribution in [2.45, 2.75) is 39.2 Å². The molecule has 0 bridgehead atoms. The Hall–Kier alpha value is -1.77. The van der Waals surface area contributed by atoms with Gasteiger partial charge in [-0.25, -0.2) is 4.79 Å². The molecular weight excluding hydrogens is 238 g/mol. The minimum Gasteiger partial charge on any atom is -0.478 e. The number of likely N-dealkylation sites (N-methyl/N-ethyl adjacent to an activating group) is 1.